The summed E-state index contributed by atoms with van der Waals surface area (Å²) in [7, 11) is 0. The molecule has 2 aliphatic heterocycles. The van der Waals surface area contributed by atoms with Crippen LogP contribution in [0.2, 0.25) is 0 Å². The molecule has 0 N–H and O–H groups in total. The second-order valence-corrected chi connectivity index (χ2v) is 11.9. The number of para-hydroxylation sites is 2. The Morgan fingerprint density at radius 1 is 0.300 bits per heavy atom. The van der Waals surface area contributed by atoms with Gasteiger partial charge in [-0.1, -0.05) is 36.4 Å². The minimum Gasteiger partial charge on any atom is -0.268 e. The second kappa shape index (κ2) is 10.1. The standard InChI is InChI=1S/C38H18N4O8/c43-31-23-13-11-21(15-25(23)33(45)39(31)19-7-3-1-4-8-19)41-35(47)27-17-29-30(18-28(27)36(41)48)38(50)42(37(29)49)22-12-14-24-26(16-22)34(46)40(32(24)44)20-9-5-2-6-10-20/h1-18H. The van der Waals surface area contributed by atoms with E-state index >= 15 is 0 Å². The summed E-state index contributed by atoms with van der Waals surface area (Å²) in [4.78, 5) is 109. The molecule has 4 amide bonds. The molecule has 0 unspecified atom stereocenters. The first-order valence-electron chi connectivity index (χ1n) is 15.3. The smallest absolute Gasteiger partial charge is 0.266 e. The van der Waals surface area contributed by atoms with Gasteiger partial charge in [-0.05, 0) is 72.8 Å². The topological polar surface area (TPSA) is 153 Å². The molecule has 0 atom stereocenters. The third-order valence-corrected chi connectivity index (χ3v) is 9.18. The maximum atomic E-state index is 13.7. The van der Waals surface area contributed by atoms with Crippen LogP contribution in [0.15, 0.2) is 128 Å². The molecule has 12 nitrogen and oxygen atoms in total. The Kier molecular flexibility index (Phi) is 5.82. The van der Waals surface area contributed by atoms with Crippen molar-refractivity contribution in [1.82, 2.24) is 9.13 Å². The summed E-state index contributed by atoms with van der Waals surface area (Å²) in [6.07, 6.45) is 0. The van der Waals surface area contributed by atoms with Crippen molar-refractivity contribution in [3.8, 4) is 11.4 Å². The lowest BCUT2D eigenvalue weighted by molar-refractivity contribution is 0.0910. The predicted octanol–water partition coefficient (Wildman–Crippen LogP) is 3.49. The number of amides is 4. The average molecular weight is 659 g/mol. The summed E-state index contributed by atoms with van der Waals surface area (Å²) in [5.41, 5.74) is -2.09. The van der Waals surface area contributed by atoms with E-state index in [9.17, 15) is 38.4 Å². The summed E-state index contributed by atoms with van der Waals surface area (Å²) in [6.45, 7) is 0. The van der Waals surface area contributed by atoms with Crippen molar-refractivity contribution in [2.24, 2.45) is 0 Å². The maximum Gasteiger partial charge on any atom is 0.266 e. The molecule has 0 aliphatic carbocycles. The average Bonchev–Trinajstić information content (AvgIpc) is 3.73. The molecule has 0 radical (unpaired) electrons. The van der Waals surface area contributed by atoms with Gasteiger partial charge in [-0.3, -0.25) is 38.4 Å². The fourth-order valence-electron chi connectivity index (χ4n) is 6.80. The number of carbonyl (C=O) groups is 4. The van der Waals surface area contributed by atoms with Crippen molar-refractivity contribution >= 4 is 56.5 Å². The van der Waals surface area contributed by atoms with Crippen LogP contribution in [0.5, 0.6) is 0 Å². The normalized spacial score (nSPS) is 14.0. The van der Waals surface area contributed by atoms with Crippen LogP contribution >= 0.6 is 0 Å². The number of hydrogen-bond acceptors (Lipinski definition) is 8. The fraction of sp³-hybridized carbons (Fsp3) is 0. The van der Waals surface area contributed by atoms with Gasteiger partial charge in [-0.25, -0.2) is 18.9 Å². The molecule has 5 aromatic carbocycles. The van der Waals surface area contributed by atoms with E-state index in [0.29, 0.717) is 11.4 Å². The van der Waals surface area contributed by atoms with Gasteiger partial charge in [0.05, 0.1) is 66.5 Å². The van der Waals surface area contributed by atoms with Crippen LogP contribution in [0.4, 0.5) is 11.4 Å². The number of imide groups is 2. The third-order valence-electron chi connectivity index (χ3n) is 9.18. The van der Waals surface area contributed by atoms with Gasteiger partial charge in [-0.2, -0.15) is 0 Å². The molecule has 4 heterocycles. The van der Waals surface area contributed by atoms with E-state index in [1.807, 2.05) is 0 Å². The Balaban J connectivity index is 1.13. The number of hydrogen-bond donors (Lipinski definition) is 0. The highest BCUT2D eigenvalue weighted by atomic mass is 16.2. The maximum absolute atomic E-state index is 13.7. The summed E-state index contributed by atoms with van der Waals surface area (Å²) in [6, 6.07) is 27.1. The summed E-state index contributed by atoms with van der Waals surface area (Å²) < 4.78 is 1.66. The number of aromatic nitrogens is 2. The van der Waals surface area contributed by atoms with Crippen LogP contribution in [0.1, 0.15) is 41.4 Å². The molecule has 0 fully saturated rings. The quantitative estimate of drug-likeness (QED) is 0.261. The first-order chi connectivity index (χ1) is 24.2. The molecule has 238 valence electrons. The summed E-state index contributed by atoms with van der Waals surface area (Å²) in [5, 5.41) is -0.504. The lowest BCUT2D eigenvalue weighted by atomic mass is 10.1. The van der Waals surface area contributed by atoms with Gasteiger partial charge in [0.15, 0.2) is 0 Å². The van der Waals surface area contributed by atoms with Gasteiger partial charge in [0.2, 0.25) is 0 Å². The van der Waals surface area contributed by atoms with E-state index < -0.39 is 45.9 Å². The predicted molar refractivity (Wildman–Crippen MR) is 183 cm³/mol. The van der Waals surface area contributed by atoms with Crippen LogP contribution in [0, 0.1) is 0 Å². The Bertz CT molecular complexity index is 2660. The van der Waals surface area contributed by atoms with Gasteiger partial charge in [-0.15, -0.1) is 0 Å². The van der Waals surface area contributed by atoms with E-state index in [-0.39, 0.29) is 55.2 Å². The van der Waals surface area contributed by atoms with Gasteiger partial charge in [0.1, 0.15) is 0 Å². The molecular formula is C38H18N4O8. The molecule has 0 saturated carbocycles. The molecule has 12 heteroatoms. The zero-order valence-electron chi connectivity index (χ0n) is 25.4. The number of benzene rings is 5. The Hall–Kier alpha value is -7.34. The van der Waals surface area contributed by atoms with Crippen LogP contribution in [-0.2, 0) is 0 Å². The second-order valence-electron chi connectivity index (χ2n) is 11.9. The molecule has 2 aromatic heterocycles. The van der Waals surface area contributed by atoms with Gasteiger partial charge in [0.25, 0.3) is 45.9 Å². The number of rotatable bonds is 4. The molecular weight excluding hydrogens is 640 g/mol. The van der Waals surface area contributed by atoms with Crippen molar-refractivity contribution in [3.63, 3.8) is 0 Å². The first-order valence-corrected chi connectivity index (χ1v) is 15.3. The Morgan fingerprint density at radius 2 is 0.620 bits per heavy atom. The van der Waals surface area contributed by atoms with Crippen molar-refractivity contribution < 1.29 is 19.2 Å². The lowest BCUT2D eigenvalue weighted by Gasteiger charge is -2.13. The van der Waals surface area contributed by atoms with E-state index in [0.717, 1.165) is 18.9 Å². The van der Waals surface area contributed by atoms with Crippen molar-refractivity contribution in [2.75, 3.05) is 9.80 Å². The minimum atomic E-state index is -0.786. The largest absolute Gasteiger partial charge is 0.268 e. The first kappa shape index (κ1) is 28.8. The SMILES string of the molecule is O=C1c2ccc(-n3c(=O)c4cc5c(=O)n(-c6ccc7c(c6)C(=O)N(c6ccccc6)C7=O)c(=O)c5cc4c3=O)cc2C(=O)N1c1ccccc1. The van der Waals surface area contributed by atoms with Crippen LogP contribution < -0.4 is 32.0 Å². The fourth-order valence-corrected chi connectivity index (χ4v) is 6.80. The van der Waals surface area contributed by atoms with E-state index in [1.165, 1.54) is 48.5 Å². The number of carbonyl (C=O) groups excluding carboxylic acids is 4. The number of nitrogens with zero attached hydrogens (tertiary/aromatic N) is 4. The third kappa shape index (κ3) is 3.75. The molecule has 50 heavy (non-hydrogen) atoms. The minimum absolute atomic E-state index is 0.0119. The lowest BCUT2D eigenvalue weighted by Crippen LogP contribution is -2.29. The number of fused-ring (bicyclic) bond motifs is 4. The van der Waals surface area contributed by atoms with Crippen molar-refractivity contribution in [3.05, 3.63) is 173 Å². The molecule has 2 aliphatic rings. The van der Waals surface area contributed by atoms with Gasteiger partial charge < -0.3 is 0 Å². The Morgan fingerprint density at radius 3 is 0.960 bits per heavy atom. The van der Waals surface area contributed by atoms with E-state index in [1.54, 1.807) is 60.7 Å². The monoisotopic (exact) mass is 658 g/mol. The van der Waals surface area contributed by atoms with Crippen LogP contribution in [0.25, 0.3) is 32.9 Å². The van der Waals surface area contributed by atoms with Crippen molar-refractivity contribution in [2.45, 2.75) is 0 Å². The molecule has 0 saturated heterocycles. The molecule has 7 aromatic rings. The van der Waals surface area contributed by atoms with Crippen LogP contribution in [0.3, 0.4) is 0 Å². The summed E-state index contributed by atoms with van der Waals surface area (Å²) in [5.74, 6) is -2.32. The van der Waals surface area contributed by atoms with Crippen molar-refractivity contribution in [1.29, 1.82) is 0 Å². The highest BCUT2D eigenvalue weighted by molar-refractivity contribution is 6.35. The highest BCUT2D eigenvalue weighted by Crippen LogP contribution is 2.31. The molecule has 0 spiro atoms. The summed E-state index contributed by atoms with van der Waals surface area (Å²) >= 11 is 0. The Labute approximate surface area is 278 Å². The van der Waals surface area contributed by atoms with E-state index in [2.05, 4.69) is 0 Å². The highest BCUT2D eigenvalue weighted by Gasteiger charge is 2.38. The van der Waals surface area contributed by atoms with E-state index in [4.69, 9.17) is 0 Å². The zero-order valence-corrected chi connectivity index (χ0v) is 25.4. The van der Waals surface area contributed by atoms with Crippen LogP contribution in [-0.4, -0.2) is 32.8 Å². The number of anilines is 2. The molecule has 0 bridgehead atoms. The zero-order chi connectivity index (χ0) is 34.6. The van der Waals surface area contributed by atoms with Gasteiger partial charge >= 0.3 is 0 Å². The molecule has 9 rings (SSSR count). The van der Waals surface area contributed by atoms with Gasteiger partial charge in [0, 0.05) is 0 Å².